The van der Waals surface area contributed by atoms with Crippen LogP contribution in [0.15, 0.2) is 67.0 Å². The van der Waals surface area contributed by atoms with Crippen LogP contribution in [0.25, 0.3) is 11.3 Å². The van der Waals surface area contributed by atoms with Gasteiger partial charge in [-0.25, -0.2) is 4.98 Å². The number of carbonyl (C=O) groups excluding carboxylic acids is 1. The molecule has 2 aliphatic heterocycles. The molecular formula is C34H35F3N6O. The SMILES string of the molecule is Cc1ccc(Cc2cc(-c3ccncc3)nc3c2CCN3)cc1C(=O)Nc1ccc(CN2CCN(C)CC2)c(C(F)(F)F)c1. The van der Waals surface area contributed by atoms with E-state index in [1.54, 1.807) is 18.5 Å². The van der Waals surface area contributed by atoms with Crippen molar-refractivity contribution in [1.29, 1.82) is 0 Å². The van der Waals surface area contributed by atoms with Crippen LogP contribution in [0.5, 0.6) is 0 Å². The molecule has 0 radical (unpaired) electrons. The summed E-state index contributed by atoms with van der Waals surface area (Å²) >= 11 is 0. The van der Waals surface area contributed by atoms with Gasteiger partial charge in [-0.15, -0.1) is 0 Å². The van der Waals surface area contributed by atoms with E-state index in [4.69, 9.17) is 4.98 Å². The Balaban J connectivity index is 1.23. The summed E-state index contributed by atoms with van der Waals surface area (Å²) in [6, 6.07) is 15.7. The quantitative estimate of drug-likeness (QED) is 0.270. The van der Waals surface area contributed by atoms with Crippen LogP contribution in [-0.2, 0) is 25.6 Å². The fourth-order valence-electron chi connectivity index (χ4n) is 5.93. The Kier molecular flexibility index (Phi) is 8.38. The molecule has 2 aromatic heterocycles. The molecule has 2 aliphatic rings. The van der Waals surface area contributed by atoms with E-state index >= 15 is 0 Å². The van der Waals surface area contributed by atoms with Gasteiger partial charge in [0.15, 0.2) is 0 Å². The maximum absolute atomic E-state index is 14.1. The molecule has 0 aliphatic carbocycles. The number of aryl methyl sites for hydroxylation is 1. The number of pyridine rings is 2. The third-order valence-corrected chi connectivity index (χ3v) is 8.46. The van der Waals surface area contributed by atoms with Crippen molar-refractivity contribution < 1.29 is 18.0 Å². The number of aromatic nitrogens is 2. The van der Waals surface area contributed by atoms with E-state index in [1.165, 1.54) is 6.07 Å². The molecule has 0 atom stereocenters. The highest BCUT2D eigenvalue weighted by molar-refractivity contribution is 6.05. The van der Waals surface area contributed by atoms with E-state index in [1.807, 2.05) is 49.2 Å². The van der Waals surface area contributed by atoms with Crippen molar-refractivity contribution in [2.75, 3.05) is 50.4 Å². The summed E-state index contributed by atoms with van der Waals surface area (Å²) in [6.07, 6.45) is 0.388. The van der Waals surface area contributed by atoms with Crippen molar-refractivity contribution in [3.8, 4) is 11.3 Å². The van der Waals surface area contributed by atoms with E-state index in [2.05, 4.69) is 26.6 Å². The van der Waals surface area contributed by atoms with Gasteiger partial charge in [0.2, 0.25) is 0 Å². The number of alkyl halides is 3. The molecular weight excluding hydrogens is 565 g/mol. The van der Waals surface area contributed by atoms with Crippen LogP contribution in [0.1, 0.15) is 43.7 Å². The third kappa shape index (κ3) is 6.61. The number of hydrogen-bond donors (Lipinski definition) is 2. The Morgan fingerprint density at radius 3 is 2.50 bits per heavy atom. The summed E-state index contributed by atoms with van der Waals surface area (Å²) in [4.78, 5) is 26.5. The first-order chi connectivity index (χ1) is 21.1. The topological polar surface area (TPSA) is 73.4 Å². The molecule has 4 heterocycles. The Morgan fingerprint density at radius 2 is 1.75 bits per heavy atom. The number of benzene rings is 2. The number of amides is 1. The number of hydrogen-bond acceptors (Lipinski definition) is 6. The molecule has 0 spiro atoms. The number of likely N-dealkylation sites (N-methyl/N-ethyl adjacent to an activating group) is 1. The Hall–Kier alpha value is -4.28. The van der Waals surface area contributed by atoms with Gasteiger partial charge in [0.05, 0.1) is 11.3 Å². The number of nitrogens with zero attached hydrogens (tertiary/aromatic N) is 4. The molecule has 228 valence electrons. The molecule has 0 unspecified atom stereocenters. The van der Waals surface area contributed by atoms with Gasteiger partial charge >= 0.3 is 6.18 Å². The summed E-state index contributed by atoms with van der Waals surface area (Å²) in [6.45, 7) is 5.92. The Labute approximate surface area is 255 Å². The lowest BCUT2D eigenvalue weighted by molar-refractivity contribution is -0.138. The van der Waals surface area contributed by atoms with Gasteiger partial charge in [-0.2, -0.15) is 13.2 Å². The normalized spacial score (nSPS) is 15.6. The Bertz CT molecular complexity index is 1670. The minimum atomic E-state index is -4.53. The van der Waals surface area contributed by atoms with Gasteiger partial charge < -0.3 is 15.5 Å². The van der Waals surface area contributed by atoms with Gasteiger partial charge in [-0.1, -0.05) is 18.2 Å². The van der Waals surface area contributed by atoms with Crippen LogP contribution < -0.4 is 10.6 Å². The molecule has 7 nitrogen and oxygen atoms in total. The summed E-state index contributed by atoms with van der Waals surface area (Å²) < 4.78 is 42.3. The van der Waals surface area contributed by atoms with Gasteiger partial charge in [-0.05, 0) is 91.0 Å². The van der Waals surface area contributed by atoms with Gasteiger partial charge in [0, 0.05) is 68.5 Å². The summed E-state index contributed by atoms with van der Waals surface area (Å²) in [7, 11) is 2.01. The second-order valence-corrected chi connectivity index (χ2v) is 11.6. The maximum atomic E-state index is 14.1. The average molecular weight is 601 g/mol. The van der Waals surface area contributed by atoms with Crippen molar-refractivity contribution in [2.45, 2.75) is 32.5 Å². The molecule has 10 heteroatoms. The van der Waals surface area contributed by atoms with Crippen molar-refractivity contribution in [3.63, 3.8) is 0 Å². The minimum Gasteiger partial charge on any atom is -0.369 e. The zero-order chi connectivity index (χ0) is 30.8. The zero-order valence-electron chi connectivity index (χ0n) is 24.8. The van der Waals surface area contributed by atoms with Crippen LogP contribution in [0.3, 0.4) is 0 Å². The fraction of sp³-hybridized carbons (Fsp3) is 0.324. The number of halogens is 3. The van der Waals surface area contributed by atoms with E-state index in [0.29, 0.717) is 25.1 Å². The van der Waals surface area contributed by atoms with Crippen LogP contribution in [-0.4, -0.2) is 65.4 Å². The number of nitrogens with one attached hydrogen (secondary N) is 2. The molecule has 1 fully saturated rings. The first-order valence-electron chi connectivity index (χ1n) is 14.8. The second kappa shape index (κ2) is 12.4. The number of carbonyl (C=O) groups is 1. The lowest BCUT2D eigenvalue weighted by Gasteiger charge is -2.33. The highest BCUT2D eigenvalue weighted by Gasteiger charge is 2.34. The summed E-state index contributed by atoms with van der Waals surface area (Å²) in [5.41, 5.74) is 5.80. The monoisotopic (exact) mass is 600 g/mol. The van der Waals surface area contributed by atoms with Crippen LogP contribution in [0.2, 0.25) is 0 Å². The molecule has 44 heavy (non-hydrogen) atoms. The smallest absolute Gasteiger partial charge is 0.369 e. The highest BCUT2D eigenvalue weighted by atomic mass is 19.4. The lowest BCUT2D eigenvalue weighted by atomic mass is 9.95. The van der Waals surface area contributed by atoms with Crippen LogP contribution in [0.4, 0.5) is 24.7 Å². The first kappa shape index (κ1) is 29.8. The van der Waals surface area contributed by atoms with Crippen LogP contribution in [0, 0.1) is 6.92 Å². The average Bonchev–Trinajstić information content (AvgIpc) is 3.49. The van der Waals surface area contributed by atoms with E-state index < -0.39 is 17.6 Å². The number of piperazine rings is 1. The summed E-state index contributed by atoms with van der Waals surface area (Å²) in [5, 5.41) is 6.10. The Morgan fingerprint density at radius 1 is 0.977 bits per heavy atom. The van der Waals surface area contributed by atoms with Crippen molar-refractivity contribution in [3.05, 3.63) is 106 Å². The molecule has 1 amide bonds. The largest absolute Gasteiger partial charge is 0.416 e. The van der Waals surface area contributed by atoms with Crippen molar-refractivity contribution >= 4 is 17.4 Å². The predicted octanol–water partition coefficient (Wildman–Crippen LogP) is 6.03. The standard InChI is InChI=1S/C34H35F3N6O/c1-22-3-4-23(17-26-19-31(24-7-10-38-11-8-24)41-32-28(26)9-12-39-32)18-29(22)33(44)40-27-6-5-25(30(20-27)34(35,36)37)21-43-15-13-42(2)14-16-43/h3-8,10-11,18-20H,9,12-17,21H2,1-2H3,(H,39,41)(H,40,44). The number of fused-ring (bicyclic) bond motifs is 1. The molecule has 2 N–H and O–H groups in total. The second-order valence-electron chi connectivity index (χ2n) is 11.6. The molecule has 2 aromatic carbocycles. The van der Waals surface area contributed by atoms with Crippen LogP contribution >= 0.6 is 0 Å². The minimum absolute atomic E-state index is 0.120. The molecule has 0 saturated carbocycles. The van der Waals surface area contributed by atoms with E-state index in [0.717, 1.165) is 71.5 Å². The molecule has 1 saturated heterocycles. The highest BCUT2D eigenvalue weighted by Crippen LogP contribution is 2.35. The van der Waals surface area contributed by atoms with E-state index in [9.17, 15) is 18.0 Å². The summed E-state index contributed by atoms with van der Waals surface area (Å²) in [5.74, 6) is 0.430. The third-order valence-electron chi connectivity index (χ3n) is 8.46. The molecule has 4 aromatic rings. The van der Waals surface area contributed by atoms with Crippen molar-refractivity contribution in [1.82, 2.24) is 19.8 Å². The fourth-order valence-corrected chi connectivity index (χ4v) is 5.93. The van der Waals surface area contributed by atoms with E-state index in [-0.39, 0.29) is 17.8 Å². The molecule has 6 rings (SSSR count). The lowest BCUT2D eigenvalue weighted by Crippen LogP contribution is -2.44. The van der Waals surface area contributed by atoms with Crippen molar-refractivity contribution in [2.24, 2.45) is 0 Å². The first-order valence-corrected chi connectivity index (χ1v) is 14.8. The number of rotatable bonds is 7. The predicted molar refractivity (Wildman–Crippen MR) is 166 cm³/mol. The van der Waals surface area contributed by atoms with Gasteiger partial charge in [-0.3, -0.25) is 14.7 Å². The zero-order valence-corrected chi connectivity index (χ0v) is 24.8. The molecule has 0 bridgehead atoms. The van der Waals surface area contributed by atoms with Gasteiger partial charge in [0.1, 0.15) is 5.82 Å². The van der Waals surface area contributed by atoms with Gasteiger partial charge in [0.25, 0.3) is 5.91 Å². The maximum Gasteiger partial charge on any atom is 0.416 e. The number of anilines is 2.